The van der Waals surface area contributed by atoms with Gasteiger partial charge in [-0.25, -0.2) is 9.59 Å². The molecule has 0 aliphatic rings. The zero-order chi connectivity index (χ0) is 21.7. The Kier molecular flexibility index (Phi) is 6.82. The highest BCUT2D eigenvalue weighted by Crippen LogP contribution is 2.19. The number of esters is 1. The van der Waals surface area contributed by atoms with Crippen LogP contribution in [0.25, 0.3) is 21.8 Å². The standard InChI is InChI=1S/C12H10ClNO2.C10H6ClNO2/c1-2-16-12(15)9-5-8-6-10(13)3-4-11(8)14-7-9;11-8-1-2-9-6(4-8)3-7(5-12-9)10(13)14/h3-7H,2H2,1H3;1-5H,(H,13,14). The molecule has 0 atom stereocenters. The number of carbonyl (C=O) groups is 2. The molecule has 6 nitrogen and oxygen atoms in total. The topological polar surface area (TPSA) is 89.4 Å². The van der Waals surface area contributed by atoms with Gasteiger partial charge in [0.1, 0.15) is 0 Å². The summed E-state index contributed by atoms with van der Waals surface area (Å²) in [6.45, 7) is 2.12. The number of fused-ring (bicyclic) bond motifs is 2. The highest BCUT2D eigenvalue weighted by atomic mass is 35.5. The first kappa shape index (κ1) is 21.5. The van der Waals surface area contributed by atoms with Crippen LogP contribution >= 0.6 is 23.2 Å². The fraction of sp³-hybridized carbons (Fsp3) is 0.0909. The lowest BCUT2D eigenvalue weighted by molar-refractivity contribution is 0.0525. The number of hydrogen-bond acceptors (Lipinski definition) is 5. The molecule has 0 fully saturated rings. The summed E-state index contributed by atoms with van der Waals surface area (Å²) in [6.07, 6.45) is 2.84. The lowest BCUT2D eigenvalue weighted by Gasteiger charge is -2.03. The van der Waals surface area contributed by atoms with E-state index in [1.165, 1.54) is 12.4 Å². The Morgan fingerprint density at radius 2 is 1.37 bits per heavy atom. The number of halogens is 2. The van der Waals surface area contributed by atoms with Gasteiger partial charge in [0, 0.05) is 33.2 Å². The fourth-order valence-corrected chi connectivity index (χ4v) is 3.01. The van der Waals surface area contributed by atoms with E-state index in [1.54, 1.807) is 49.4 Å². The highest BCUT2D eigenvalue weighted by molar-refractivity contribution is 6.31. The van der Waals surface area contributed by atoms with Gasteiger partial charge in [-0.15, -0.1) is 0 Å². The largest absolute Gasteiger partial charge is 0.478 e. The minimum Gasteiger partial charge on any atom is -0.478 e. The maximum absolute atomic E-state index is 11.5. The predicted molar refractivity (Wildman–Crippen MR) is 116 cm³/mol. The Bertz CT molecular complexity index is 1240. The van der Waals surface area contributed by atoms with Gasteiger partial charge in [0.05, 0.1) is 28.8 Å². The van der Waals surface area contributed by atoms with E-state index < -0.39 is 5.97 Å². The average molecular weight is 443 g/mol. The van der Waals surface area contributed by atoms with E-state index in [9.17, 15) is 9.59 Å². The van der Waals surface area contributed by atoms with Crippen LogP contribution in [0.1, 0.15) is 27.6 Å². The number of aromatic nitrogens is 2. The number of ether oxygens (including phenoxy) is 1. The highest BCUT2D eigenvalue weighted by Gasteiger charge is 2.08. The summed E-state index contributed by atoms with van der Waals surface area (Å²) in [5, 5.41) is 11.5. The molecule has 1 N–H and O–H groups in total. The number of rotatable bonds is 3. The fourth-order valence-electron chi connectivity index (χ4n) is 2.65. The second-order valence-corrected chi connectivity index (χ2v) is 7.02. The molecule has 0 bridgehead atoms. The monoisotopic (exact) mass is 442 g/mol. The van der Waals surface area contributed by atoms with Gasteiger partial charge in [-0.3, -0.25) is 9.97 Å². The zero-order valence-corrected chi connectivity index (χ0v) is 17.3. The van der Waals surface area contributed by atoms with Crippen LogP contribution in [0.2, 0.25) is 10.0 Å². The van der Waals surface area contributed by atoms with Gasteiger partial charge < -0.3 is 9.84 Å². The molecule has 8 heteroatoms. The van der Waals surface area contributed by atoms with Crippen molar-refractivity contribution >= 4 is 56.9 Å². The van der Waals surface area contributed by atoms with Gasteiger partial charge in [0.25, 0.3) is 0 Å². The van der Waals surface area contributed by atoms with Crippen LogP contribution in [-0.2, 0) is 4.74 Å². The average Bonchev–Trinajstić information content (AvgIpc) is 2.73. The van der Waals surface area contributed by atoms with Crippen molar-refractivity contribution < 1.29 is 19.4 Å². The van der Waals surface area contributed by atoms with E-state index in [-0.39, 0.29) is 11.5 Å². The third-order valence-electron chi connectivity index (χ3n) is 4.04. The molecule has 0 aliphatic carbocycles. The first-order valence-corrected chi connectivity index (χ1v) is 9.64. The Balaban J connectivity index is 0.000000172. The van der Waals surface area contributed by atoms with Gasteiger partial charge in [-0.1, -0.05) is 23.2 Å². The maximum Gasteiger partial charge on any atom is 0.339 e. The Hall–Kier alpha value is -3.22. The number of benzene rings is 2. The molecule has 30 heavy (non-hydrogen) atoms. The van der Waals surface area contributed by atoms with Crippen LogP contribution in [0.15, 0.2) is 60.9 Å². The Morgan fingerprint density at radius 1 is 0.867 bits per heavy atom. The van der Waals surface area contributed by atoms with Crippen molar-refractivity contribution in [3.8, 4) is 0 Å². The smallest absolute Gasteiger partial charge is 0.339 e. The normalized spacial score (nSPS) is 10.4. The molecule has 0 spiro atoms. The van der Waals surface area contributed by atoms with E-state index in [1.807, 2.05) is 6.07 Å². The SMILES string of the molecule is CCOC(=O)c1cnc2ccc(Cl)cc2c1.O=C(O)c1cnc2ccc(Cl)cc2c1. The summed E-state index contributed by atoms with van der Waals surface area (Å²) in [6, 6.07) is 13.8. The summed E-state index contributed by atoms with van der Waals surface area (Å²) in [5.74, 6) is -1.35. The van der Waals surface area contributed by atoms with Crippen LogP contribution in [0.4, 0.5) is 0 Å². The Labute approximate surface area is 182 Å². The summed E-state index contributed by atoms with van der Waals surface area (Å²) < 4.78 is 4.90. The second kappa shape index (κ2) is 9.52. The zero-order valence-electron chi connectivity index (χ0n) is 15.8. The van der Waals surface area contributed by atoms with Gasteiger partial charge in [0.15, 0.2) is 0 Å². The van der Waals surface area contributed by atoms with Gasteiger partial charge in [0.2, 0.25) is 0 Å². The molecule has 152 valence electrons. The van der Waals surface area contributed by atoms with Crippen LogP contribution in [0, 0.1) is 0 Å². The van der Waals surface area contributed by atoms with Crippen LogP contribution < -0.4 is 0 Å². The first-order chi connectivity index (χ1) is 14.4. The molecule has 4 rings (SSSR count). The second-order valence-electron chi connectivity index (χ2n) is 6.15. The molecule has 0 saturated carbocycles. The van der Waals surface area contributed by atoms with Crippen LogP contribution in [0.3, 0.4) is 0 Å². The third kappa shape index (κ3) is 5.23. The molecular formula is C22H16Cl2N2O4. The predicted octanol–water partition coefficient (Wildman–Crippen LogP) is 5.65. The molecule has 0 aliphatic heterocycles. The van der Waals surface area contributed by atoms with Crippen molar-refractivity contribution in [1.82, 2.24) is 9.97 Å². The van der Waals surface area contributed by atoms with Crippen molar-refractivity contribution in [1.29, 1.82) is 0 Å². The van der Waals surface area contributed by atoms with Crippen molar-refractivity contribution in [2.24, 2.45) is 0 Å². The number of nitrogens with zero attached hydrogens (tertiary/aromatic N) is 2. The molecule has 0 unspecified atom stereocenters. The van der Waals surface area contributed by atoms with Crippen LogP contribution in [-0.4, -0.2) is 33.6 Å². The lowest BCUT2D eigenvalue weighted by atomic mass is 10.1. The first-order valence-electron chi connectivity index (χ1n) is 8.88. The summed E-state index contributed by atoms with van der Waals surface area (Å²) in [5.41, 5.74) is 2.15. The third-order valence-corrected chi connectivity index (χ3v) is 4.51. The summed E-state index contributed by atoms with van der Waals surface area (Å²) >= 11 is 11.6. The molecule has 0 amide bonds. The number of hydrogen-bond donors (Lipinski definition) is 1. The molecule has 2 aromatic heterocycles. The van der Waals surface area contributed by atoms with Gasteiger partial charge in [-0.2, -0.15) is 0 Å². The minimum atomic E-state index is -0.987. The number of aromatic carboxylic acids is 1. The van der Waals surface area contributed by atoms with E-state index in [4.69, 9.17) is 33.0 Å². The van der Waals surface area contributed by atoms with Crippen molar-refractivity contribution in [2.45, 2.75) is 6.92 Å². The van der Waals surface area contributed by atoms with Crippen molar-refractivity contribution in [3.05, 3.63) is 82.1 Å². The lowest BCUT2D eigenvalue weighted by Crippen LogP contribution is -2.04. The molecule has 4 aromatic rings. The summed E-state index contributed by atoms with van der Waals surface area (Å²) in [7, 11) is 0. The van der Waals surface area contributed by atoms with E-state index in [0.29, 0.717) is 22.2 Å². The van der Waals surface area contributed by atoms with Gasteiger partial charge in [-0.05, 0) is 55.5 Å². The molecule has 0 radical (unpaired) electrons. The number of carboxylic acid groups (broad SMARTS) is 1. The summed E-state index contributed by atoms with van der Waals surface area (Å²) in [4.78, 5) is 30.3. The number of carbonyl (C=O) groups excluding carboxylic acids is 1. The van der Waals surface area contributed by atoms with Crippen molar-refractivity contribution in [3.63, 3.8) is 0 Å². The van der Waals surface area contributed by atoms with E-state index in [0.717, 1.165) is 21.8 Å². The quantitative estimate of drug-likeness (QED) is 0.412. The maximum atomic E-state index is 11.5. The van der Waals surface area contributed by atoms with E-state index in [2.05, 4.69) is 9.97 Å². The van der Waals surface area contributed by atoms with Crippen LogP contribution in [0.5, 0.6) is 0 Å². The number of pyridine rings is 2. The molecule has 0 saturated heterocycles. The Morgan fingerprint density at radius 3 is 1.87 bits per heavy atom. The van der Waals surface area contributed by atoms with Crippen molar-refractivity contribution in [2.75, 3.05) is 6.61 Å². The molecular weight excluding hydrogens is 427 g/mol. The molecule has 2 aromatic carbocycles. The van der Waals surface area contributed by atoms with Gasteiger partial charge >= 0.3 is 11.9 Å². The molecule has 2 heterocycles. The van der Waals surface area contributed by atoms with E-state index >= 15 is 0 Å². The number of carboxylic acids is 1. The minimum absolute atomic E-state index is 0.166.